The lowest BCUT2D eigenvalue weighted by atomic mass is 9.91. The normalized spacial score (nSPS) is 25.4. The summed E-state index contributed by atoms with van der Waals surface area (Å²) >= 11 is 0. The molecule has 88 valence electrons. The van der Waals surface area contributed by atoms with Crippen molar-refractivity contribution in [3.05, 3.63) is 29.8 Å². The Labute approximate surface area is 93.8 Å². The molecular weight excluding hydrogens is 210 g/mol. The summed E-state index contributed by atoms with van der Waals surface area (Å²) in [7, 11) is 0. The number of hydrogen-bond donors (Lipinski definition) is 2. The molecule has 1 fully saturated rings. The number of hydrogen-bond acceptors (Lipinski definition) is 2. The Balaban J connectivity index is 2.13. The van der Waals surface area contributed by atoms with Gasteiger partial charge in [0.25, 0.3) is 0 Å². The van der Waals surface area contributed by atoms with Gasteiger partial charge in [-0.15, -0.1) is 0 Å². The maximum Gasteiger partial charge on any atom is 0.149 e. The molecule has 0 saturated heterocycles. The third-order valence-corrected chi connectivity index (χ3v) is 3.11. The summed E-state index contributed by atoms with van der Waals surface area (Å²) in [6.45, 7) is 0. The van der Waals surface area contributed by atoms with Crippen LogP contribution >= 0.6 is 0 Å². The van der Waals surface area contributed by atoms with Crippen LogP contribution < -0.4 is 11.1 Å². The highest BCUT2D eigenvalue weighted by molar-refractivity contribution is 5.47. The lowest BCUT2D eigenvalue weighted by Gasteiger charge is -2.30. The van der Waals surface area contributed by atoms with Gasteiger partial charge in [0.2, 0.25) is 0 Å². The minimum Gasteiger partial charge on any atom is -0.376 e. The molecule has 4 heteroatoms. The average Bonchev–Trinajstić information content (AvgIpc) is 2.26. The Bertz CT molecular complexity index is 348. The van der Waals surface area contributed by atoms with Crippen LogP contribution in [-0.2, 0) is 0 Å². The lowest BCUT2D eigenvalue weighted by Crippen LogP contribution is -2.42. The number of benzene rings is 1. The third kappa shape index (κ3) is 2.32. The van der Waals surface area contributed by atoms with E-state index in [1.165, 1.54) is 18.2 Å². The number of halogens is 2. The Morgan fingerprint density at radius 3 is 2.38 bits per heavy atom. The van der Waals surface area contributed by atoms with E-state index in [2.05, 4.69) is 5.32 Å². The zero-order valence-corrected chi connectivity index (χ0v) is 9.05. The fourth-order valence-corrected chi connectivity index (χ4v) is 2.16. The van der Waals surface area contributed by atoms with Gasteiger partial charge in [0.15, 0.2) is 0 Å². The number of nitrogens with two attached hydrogens (primary N) is 1. The molecule has 1 aliphatic rings. The highest BCUT2D eigenvalue weighted by atomic mass is 19.1. The van der Waals surface area contributed by atoms with E-state index in [0.29, 0.717) is 0 Å². The number of nitrogens with one attached hydrogen (secondary N) is 1. The van der Waals surface area contributed by atoms with Crippen molar-refractivity contribution in [1.82, 2.24) is 0 Å². The zero-order chi connectivity index (χ0) is 11.5. The molecule has 2 atom stereocenters. The van der Waals surface area contributed by atoms with Crippen molar-refractivity contribution in [2.75, 3.05) is 5.32 Å². The van der Waals surface area contributed by atoms with Crippen LogP contribution in [0.5, 0.6) is 0 Å². The first kappa shape index (κ1) is 11.3. The van der Waals surface area contributed by atoms with Gasteiger partial charge in [-0.05, 0) is 25.0 Å². The molecule has 16 heavy (non-hydrogen) atoms. The van der Waals surface area contributed by atoms with Gasteiger partial charge >= 0.3 is 0 Å². The average molecular weight is 226 g/mol. The predicted molar refractivity (Wildman–Crippen MR) is 60.2 cm³/mol. The molecule has 0 aromatic heterocycles. The largest absolute Gasteiger partial charge is 0.376 e. The predicted octanol–water partition coefficient (Wildman–Crippen LogP) is 2.65. The minimum atomic E-state index is -0.558. The first-order chi connectivity index (χ1) is 7.68. The molecule has 0 amide bonds. The van der Waals surface area contributed by atoms with E-state index in [-0.39, 0.29) is 17.8 Å². The summed E-state index contributed by atoms with van der Waals surface area (Å²) < 4.78 is 26.8. The van der Waals surface area contributed by atoms with Crippen LogP contribution in [0.15, 0.2) is 18.2 Å². The van der Waals surface area contributed by atoms with Gasteiger partial charge in [-0.2, -0.15) is 0 Å². The molecule has 2 rings (SSSR count). The number of rotatable bonds is 2. The van der Waals surface area contributed by atoms with Crippen LogP contribution in [0.3, 0.4) is 0 Å². The van der Waals surface area contributed by atoms with Crippen LogP contribution in [0.4, 0.5) is 14.5 Å². The molecule has 1 aromatic carbocycles. The van der Waals surface area contributed by atoms with E-state index in [9.17, 15) is 8.78 Å². The summed E-state index contributed by atoms with van der Waals surface area (Å²) in [5.74, 6) is -1.12. The van der Waals surface area contributed by atoms with Crippen LogP contribution in [0, 0.1) is 11.6 Å². The first-order valence-electron chi connectivity index (χ1n) is 5.64. The molecule has 3 N–H and O–H groups in total. The molecule has 0 bridgehead atoms. The lowest BCUT2D eigenvalue weighted by molar-refractivity contribution is 0.401. The van der Waals surface area contributed by atoms with Crippen LogP contribution in [-0.4, -0.2) is 12.1 Å². The Hall–Kier alpha value is -1.16. The molecule has 1 aromatic rings. The van der Waals surface area contributed by atoms with Crippen LogP contribution in [0.2, 0.25) is 0 Å². The maximum absolute atomic E-state index is 13.4. The molecule has 1 aliphatic carbocycles. The van der Waals surface area contributed by atoms with Gasteiger partial charge in [0.1, 0.15) is 17.3 Å². The summed E-state index contributed by atoms with van der Waals surface area (Å²) in [5, 5.41) is 2.89. The van der Waals surface area contributed by atoms with E-state index >= 15 is 0 Å². The third-order valence-electron chi connectivity index (χ3n) is 3.11. The molecular formula is C12H16F2N2. The topological polar surface area (TPSA) is 38.0 Å². The van der Waals surface area contributed by atoms with Gasteiger partial charge < -0.3 is 11.1 Å². The smallest absolute Gasteiger partial charge is 0.149 e. The second-order valence-corrected chi connectivity index (χ2v) is 4.30. The molecule has 0 unspecified atom stereocenters. The quantitative estimate of drug-likeness (QED) is 0.813. The summed E-state index contributed by atoms with van der Waals surface area (Å²) in [6, 6.07) is 3.81. The summed E-state index contributed by atoms with van der Waals surface area (Å²) in [5.41, 5.74) is 5.87. The van der Waals surface area contributed by atoms with E-state index in [1.54, 1.807) is 0 Å². The van der Waals surface area contributed by atoms with E-state index in [1.807, 2.05) is 0 Å². The van der Waals surface area contributed by atoms with Crippen molar-refractivity contribution in [2.24, 2.45) is 5.73 Å². The molecule has 0 spiro atoms. The van der Waals surface area contributed by atoms with Crippen molar-refractivity contribution in [3.63, 3.8) is 0 Å². The fourth-order valence-electron chi connectivity index (χ4n) is 2.16. The van der Waals surface area contributed by atoms with Crippen molar-refractivity contribution in [1.29, 1.82) is 0 Å². The molecule has 0 radical (unpaired) electrons. The zero-order valence-electron chi connectivity index (χ0n) is 9.05. The van der Waals surface area contributed by atoms with Gasteiger partial charge in [-0.1, -0.05) is 18.9 Å². The van der Waals surface area contributed by atoms with Gasteiger partial charge in [-0.3, -0.25) is 0 Å². The Morgan fingerprint density at radius 2 is 1.75 bits per heavy atom. The Kier molecular flexibility index (Phi) is 3.39. The fraction of sp³-hybridized carbons (Fsp3) is 0.500. The van der Waals surface area contributed by atoms with Crippen molar-refractivity contribution < 1.29 is 8.78 Å². The minimum absolute atomic E-state index is 0.0206. The SMILES string of the molecule is N[C@@H]1CCCC[C@@H]1Nc1c(F)cccc1F. The maximum atomic E-state index is 13.4. The second kappa shape index (κ2) is 4.78. The van der Waals surface area contributed by atoms with E-state index in [4.69, 9.17) is 5.73 Å². The second-order valence-electron chi connectivity index (χ2n) is 4.30. The first-order valence-corrected chi connectivity index (χ1v) is 5.64. The van der Waals surface area contributed by atoms with E-state index < -0.39 is 11.6 Å². The van der Waals surface area contributed by atoms with Crippen molar-refractivity contribution in [3.8, 4) is 0 Å². The van der Waals surface area contributed by atoms with E-state index in [0.717, 1.165) is 25.7 Å². The summed E-state index contributed by atoms with van der Waals surface area (Å²) in [6.07, 6.45) is 3.93. The monoisotopic (exact) mass is 226 g/mol. The van der Waals surface area contributed by atoms with Crippen LogP contribution in [0.1, 0.15) is 25.7 Å². The van der Waals surface area contributed by atoms with Gasteiger partial charge in [0, 0.05) is 12.1 Å². The Morgan fingerprint density at radius 1 is 1.12 bits per heavy atom. The van der Waals surface area contributed by atoms with Crippen molar-refractivity contribution in [2.45, 2.75) is 37.8 Å². The number of anilines is 1. The molecule has 2 nitrogen and oxygen atoms in total. The standard InChI is InChI=1S/C12H16F2N2/c13-8-4-3-5-9(14)12(8)16-11-7-2-1-6-10(11)15/h3-5,10-11,16H,1-2,6-7,15H2/t10-,11+/m1/s1. The van der Waals surface area contributed by atoms with Gasteiger partial charge in [0.05, 0.1) is 0 Å². The number of para-hydroxylation sites is 1. The molecule has 0 aliphatic heterocycles. The molecule has 0 heterocycles. The molecule has 1 saturated carbocycles. The highest BCUT2D eigenvalue weighted by Crippen LogP contribution is 2.24. The van der Waals surface area contributed by atoms with Crippen molar-refractivity contribution >= 4 is 5.69 Å². The van der Waals surface area contributed by atoms with Crippen LogP contribution in [0.25, 0.3) is 0 Å². The van der Waals surface area contributed by atoms with Gasteiger partial charge in [-0.25, -0.2) is 8.78 Å². The summed E-state index contributed by atoms with van der Waals surface area (Å²) in [4.78, 5) is 0. The highest BCUT2D eigenvalue weighted by Gasteiger charge is 2.23.